The molecule has 0 saturated carbocycles. The number of rotatable bonds is 7. The molecule has 5 nitrogen and oxygen atoms in total. The lowest BCUT2D eigenvalue weighted by molar-refractivity contribution is 0.194. The van der Waals surface area contributed by atoms with Crippen LogP contribution in [-0.2, 0) is 17.6 Å². The number of ether oxygens (including phenoxy) is 1. The molecule has 0 radical (unpaired) electrons. The first-order valence-corrected chi connectivity index (χ1v) is 12.3. The molecule has 0 aliphatic carbocycles. The Labute approximate surface area is 168 Å². The third-order valence-electron chi connectivity index (χ3n) is 5.31. The van der Waals surface area contributed by atoms with Crippen molar-refractivity contribution in [2.24, 2.45) is 0 Å². The van der Waals surface area contributed by atoms with Gasteiger partial charge in [0.25, 0.3) is 0 Å². The van der Waals surface area contributed by atoms with Gasteiger partial charge in [-0.3, -0.25) is 0 Å². The SMILES string of the molecule is COc1cc(CNC(=O)O)cc(-c2cccc(CO[Si](C)(C)C(C)(C)C)c2)c1. The van der Waals surface area contributed by atoms with E-state index in [2.05, 4.69) is 51.3 Å². The molecule has 0 aliphatic rings. The van der Waals surface area contributed by atoms with Gasteiger partial charge in [-0.25, -0.2) is 4.79 Å². The summed E-state index contributed by atoms with van der Waals surface area (Å²) in [5, 5.41) is 11.4. The Morgan fingerprint density at radius 1 is 1.07 bits per heavy atom. The molecule has 0 unspecified atom stereocenters. The van der Waals surface area contributed by atoms with Crippen molar-refractivity contribution < 1.29 is 19.1 Å². The standard InChI is InChI=1S/C22H31NO4Si/c1-22(2,3)28(5,6)27-15-16-8-7-9-18(10-16)19-11-17(14-23-21(24)25)12-20(13-19)26-4/h7-13,23H,14-15H2,1-6H3,(H,24,25). The lowest BCUT2D eigenvalue weighted by Gasteiger charge is -2.36. The first-order chi connectivity index (χ1) is 13.0. The fourth-order valence-electron chi connectivity index (χ4n) is 2.55. The Bertz CT molecular complexity index is 828. The third kappa shape index (κ3) is 5.84. The average molecular weight is 402 g/mol. The highest BCUT2D eigenvalue weighted by molar-refractivity contribution is 6.74. The molecule has 0 atom stereocenters. The third-order valence-corrected chi connectivity index (χ3v) is 9.79. The van der Waals surface area contributed by atoms with Gasteiger partial charge in [0.1, 0.15) is 5.75 Å². The van der Waals surface area contributed by atoms with Crippen LogP contribution in [0.5, 0.6) is 5.75 Å². The molecule has 2 aromatic rings. The molecular weight excluding hydrogens is 370 g/mol. The Morgan fingerprint density at radius 2 is 1.75 bits per heavy atom. The van der Waals surface area contributed by atoms with Crippen LogP contribution < -0.4 is 10.1 Å². The van der Waals surface area contributed by atoms with E-state index in [1.54, 1.807) is 7.11 Å². The lowest BCUT2D eigenvalue weighted by atomic mass is 10.0. The molecular formula is C22H31NO4Si. The summed E-state index contributed by atoms with van der Waals surface area (Å²) in [4.78, 5) is 10.8. The molecule has 0 aliphatic heterocycles. The second-order valence-electron chi connectivity index (χ2n) is 8.48. The summed E-state index contributed by atoms with van der Waals surface area (Å²) in [5.41, 5.74) is 4.00. The summed E-state index contributed by atoms with van der Waals surface area (Å²) in [5.74, 6) is 0.697. The molecule has 0 spiro atoms. The summed E-state index contributed by atoms with van der Waals surface area (Å²) in [7, 11) is -0.205. The largest absolute Gasteiger partial charge is 0.497 e. The van der Waals surface area contributed by atoms with E-state index in [4.69, 9.17) is 14.3 Å². The Kier molecular flexibility index (Phi) is 6.90. The highest BCUT2D eigenvalue weighted by atomic mass is 28.4. The van der Waals surface area contributed by atoms with Crippen molar-refractivity contribution in [2.45, 2.75) is 52.1 Å². The Hall–Kier alpha value is -2.31. The van der Waals surface area contributed by atoms with Crippen molar-refractivity contribution in [3.05, 3.63) is 53.6 Å². The number of carbonyl (C=O) groups is 1. The summed E-state index contributed by atoms with van der Waals surface area (Å²) in [6, 6.07) is 14.0. The second kappa shape index (κ2) is 8.79. The number of amides is 1. The topological polar surface area (TPSA) is 67.8 Å². The quantitative estimate of drug-likeness (QED) is 0.588. The zero-order valence-corrected chi connectivity index (χ0v) is 18.6. The summed E-state index contributed by atoms with van der Waals surface area (Å²) in [6.45, 7) is 12.0. The zero-order chi connectivity index (χ0) is 20.9. The van der Waals surface area contributed by atoms with Gasteiger partial charge in [0.2, 0.25) is 0 Å². The van der Waals surface area contributed by atoms with Crippen molar-refractivity contribution in [3.63, 3.8) is 0 Å². The number of carboxylic acid groups (broad SMARTS) is 1. The van der Waals surface area contributed by atoms with Gasteiger partial charge in [-0.05, 0) is 64.7 Å². The molecule has 2 N–H and O–H groups in total. The van der Waals surface area contributed by atoms with E-state index in [-0.39, 0.29) is 11.6 Å². The molecule has 152 valence electrons. The van der Waals surface area contributed by atoms with Gasteiger partial charge in [-0.2, -0.15) is 0 Å². The number of nitrogens with one attached hydrogen (secondary N) is 1. The molecule has 0 fully saturated rings. The highest BCUT2D eigenvalue weighted by Crippen LogP contribution is 2.37. The minimum absolute atomic E-state index is 0.170. The van der Waals surface area contributed by atoms with Crippen molar-refractivity contribution >= 4 is 14.4 Å². The maximum Gasteiger partial charge on any atom is 0.404 e. The van der Waals surface area contributed by atoms with Crippen molar-refractivity contribution in [1.29, 1.82) is 0 Å². The summed E-state index contributed by atoms with van der Waals surface area (Å²) in [6.07, 6.45) is -1.05. The molecule has 6 heteroatoms. The van der Waals surface area contributed by atoms with E-state index >= 15 is 0 Å². The molecule has 0 bridgehead atoms. The number of hydrogen-bond acceptors (Lipinski definition) is 3. The molecule has 2 rings (SSSR count). The average Bonchev–Trinajstić information content (AvgIpc) is 2.64. The van der Waals surface area contributed by atoms with Crippen LogP contribution in [0.2, 0.25) is 18.1 Å². The maximum absolute atomic E-state index is 10.8. The van der Waals surface area contributed by atoms with Gasteiger partial charge in [0.15, 0.2) is 8.32 Å². The van der Waals surface area contributed by atoms with E-state index in [0.717, 1.165) is 22.3 Å². The zero-order valence-electron chi connectivity index (χ0n) is 17.6. The van der Waals surface area contributed by atoms with Crippen LogP contribution in [0.1, 0.15) is 31.9 Å². The van der Waals surface area contributed by atoms with Gasteiger partial charge in [-0.1, -0.05) is 39.0 Å². The van der Waals surface area contributed by atoms with Gasteiger partial charge >= 0.3 is 6.09 Å². The summed E-state index contributed by atoms with van der Waals surface area (Å²) < 4.78 is 11.7. The minimum atomic E-state index is -1.81. The predicted molar refractivity (Wildman–Crippen MR) is 115 cm³/mol. The van der Waals surface area contributed by atoms with Crippen molar-refractivity contribution in [3.8, 4) is 16.9 Å². The van der Waals surface area contributed by atoms with E-state index in [9.17, 15) is 4.79 Å². The fourth-order valence-corrected chi connectivity index (χ4v) is 3.51. The molecule has 28 heavy (non-hydrogen) atoms. The first kappa shape index (κ1) is 22.0. The van der Waals surface area contributed by atoms with Crippen LogP contribution in [-0.4, -0.2) is 26.6 Å². The van der Waals surface area contributed by atoms with Gasteiger partial charge in [0.05, 0.1) is 13.7 Å². The fraction of sp³-hybridized carbons (Fsp3) is 0.409. The van der Waals surface area contributed by atoms with E-state index in [1.807, 2.05) is 30.3 Å². The van der Waals surface area contributed by atoms with Crippen molar-refractivity contribution in [1.82, 2.24) is 5.32 Å². The number of methoxy groups -OCH3 is 1. The Morgan fingerprint density at radius 3 is 2.36 bits per heavy atom. The van der Waals surface area contributed by atoms with Crippen LogP contribution in [0.25, 0.3) is 11.1 Å². The Balaban J connectivity index is 2.25. The van der Waals surface area contributed by atoms with Crippen LogP contribution >= 0.6 is 0 Å². The van der Waals surface area contributed by atoms with E-state index in [0.29, 0.717) is 12.4 Å². The van der Waals surface area contributed by atoms with Crippen LogP contribution in [0.3, 0.4) is 0 Å². The molecule has 0 saturated heterocycles. The lowest BCUT2D eigenvalue weighted by Crippen LogP contribution is -2.40. The molecule has 2 aromatic carbocycles. The minimum Gasteiger partial charge on any atom is -0.497 e. The van der Waals surface area contributed by atoms with Crippen LogP contribution in [0.15, 0.2) is 42.5 Å². The van der Waals surface area contributed by atoms with E-state index in [1.165, 1.54) is 0 Å². The molecule has 0 heterocycles. The maximum atomic E-state index is 10.8. The van der Waals surface area contributed by atoms with Crippen LogP contribution in [0, 0.1) is 0 Å². The van der Waals surface area contributed by atoms with Crippen molar-refractivity contribution in [2.75, 3.05) is 7.11 Å². The van der Waals surface area contributed by atoms with Gasteiger partial charge in [0, 0.05) is 6.54 Å². The summed E-state index contributed by atoms with van der Waals surface area (Å²) >= 11 is 0. The molecule has 0 aromatic heterocycles. The predicted octanol–water partition coefficient (Wildman–Crippen LogP) is 5.65. The smallest absolute Gasteiger partial charge is 0.404 e. The first-order valence-electron chi connectivity index (χ1n) is 9.40. The van der Waals surface area contributed by atoms with Gasteiger partial charge in [-0.15, -0.1) is 0 Å². The van der Waals surface area contributed by atoms with E-state index < -0.39 is 14.4 Å². The number of benzene rings is 2. The monoisotopic (exact) mass is 401 g/mol. The van der Waals surface area contributed by atoms with Gasteiger partial charge < -0.3 is 19.6 Å². The van der Waals surface area contributed by atoms with Crippen LogP contribution in [0.4, 0.5) is 4.79 Å². The number of hydrogen-bond donors (Lipinski definition) is 2. The highest BCUT2D eigenvalue weighted by Gasteiger charge is 2.37. The second-order valence-corrected chi connectivity index (χ2v) is 13.3. The molecule has 1 amide bonds. The normalized spacial score (nSPS) is 11.9.